The Labute approximate surface area is 124 Å². The first-order valence-corrected chi connectivity index (χ1v) is 8.76. The van der Waals surface area contributed by atoms with E-state index in [0.29, 0.717) is 12.2 Å². The van der Waals surface area contributed by atoms with Crippen LogP contribution in [-0.2, 0) is 21.2 Å². The molecule has 1 aromatic rings. The second kappa shape index (κ2) is 6.62. The van der Waals surface area contributed by atoms with Crippen molar-refractivity contribution in [3.8, 4) is 0 Å². The van der Waals surface area contributed by atoms with Gasteiger partial charge in [-0.05, 0) is 30.9 Å². The number of hydrogen-bond donors (Lipinski definition) is 2. The predicted molar refractivity (Wildman–Crippen MR) is 76.4 cm³/mol. The van der Waals surface area contributed by atoms with Gasteiger partial charge in [0.1, 0.15) is 11.8 Å². The van der Waals surface area contributed by atoms with E-state index >= 15 is 0 Å². The zero-order valence-electron chi connectivity index (χ0n) is 12.0. The predicted octanol–water partition coefficient (Wildman–Crippen LogP) is 2.15. The fourth-order valence-corrected chi connectivity index (χ4v) is 3.94. The molecular weight excluding hydrogens is 294 g/mol. The van der Waals surface area contributed by atoms with Gasteiger partial charge in [0.15, 0.2) is 0 Å². The molecule has 1 atom stereocenters. The zero-order valence-corrected chi connectivity index (χ0v) is 12.9. The first kappa shape index (κ1) is 16.0. The van der Waals surface area contributed by atoms with Gasteiger partial charge < -0.3 is 9.52 Å². The second-order valence-corrected chi connectivity index (χ2v) is 7.05. The molecule has 21 heavy (non-hydrogen) atoms. The van der Waals surface area contributed by atoms with Crippen LogP contribution in [0.5, 0.6) is 0 Å². The third kappa shape index (κ3) is 3.85. The highest BCUT2D eigenvalue weighted by Gasteiger charge is 2.34. The number of aryl methyl sites for hydroxylation is 1. The normalized spacial score (nSPS) is 18.5. The number of furan rings is 1. The van der Waals surface area contributed by atoms with Crippen LogP contribution >= 0.6 is 0 Å². The van der Waals surface area contributed by atoms with Crippen LogP contribution in [0.4, 0.5) is 0 Å². The summed E-state index contributed by atoms with van der Waals surface area (Å²) in [5, 5.41) is 9.11. The molecule has 1 aliphatic rings. The summed E-state index contributed by atoms with van der Waals surface area (Å²) in [5.41, 5.74) is 0. The Kier molecular flexibility index (Phi) is 5.05. The van der Waals surface area contributed by atoms with Crippen LogP contribution in [0.3, 0.4) is 0 Å². The third-order valence-electron chi connectivity index (χ3n) is 3.92. The quantitative estimate of drug-likeness (QED) is 0.838. The molecule has 7 heteroatoms. The number of rotatable bonds is 6. The van der Waals surface area contributed by atoms with E-state index in [1.165, 1.54) is 6.07 Å². The Morgan fingerprint density at radius 1 is 1.38 bits per heavy atom. The lowest BCUT2D eigenvalue weighted by atomic mass is 9.84. The number of aliphatic carboxylic acids is 1. The van der Waals surface area contributed by atoms with E-state index in [0.717, 1.165) is 32.1 Å². The molecule has 2 rings (SSSR count). The van der Waals surface area contributed by atoms with E-state index in [4.69, 9.17) is 4.42 Å². The van der Waals surface area contributed by atoms with E-state index in [1.807, 2.05) is 6.92 Å². The van der Waals surface area contributed by atoms with Gasteiger partial charge in [-0.15, -0.1) is 0 Å². The molecule has 0 aliphatic heterocycles. The summed E-state index contributed by atoms with van der Waals surface area (Å²) in [4.78, 5) is 11.4. The van der Waals surface area contributed by atoms with Crippen molar-refractivity contribution in [2.45, 2.75) is 56.6 Å². The molecule has 0 radical (unpaired) electrons. The number of sulfonamides is 1. The lowest BCUT2D eigenvalue weighted by Gasteiger charge is -2.27. The molecular formula is C14H21NO5S. The van der Waals surface area contributed by atoms with Crippen molar-refractivity contribution in [3.63, 3.8) is 0 Å². The fraction of sp³-hybridized carbons (Fsp3) is 0.643. The summed E-state index contributed by atoms with van der Waals surface area (Å²) in [6.45, 7) is 1.85. The van der Waals surface area contributed by atoms with Crippen molar-refractivity contribution in [1.29, 1.82) is 0 Å². The first-order chi connectivity index (χ1) is 9.94. The minimum atomic E-state index is -3.94. The van der Waals surface area contributed by atoms with Crippen LogP contribution in [0.1, 0.15) is 44.8 Å². The third-order valence-corrected chi connectivity index (χ3v) is 5.23. The lowest BCUT2D eigenvalue weighted by Crippen LogP contribution is -2.46. The maximum absolute atomic E-state index is 12.3. The van der Waals surface area contributed by atoms with Crippen LogP contribution in [0.25, 0.3) is 0 Å². The molecule has 1 saturated carbocycles. The van der Waals surface area contributed by atoms with E-state index in [-0.39, 0.29) is 11.0 Å². The lowest BCUT2D eigenvalue weighted by molar-refractivity contribution is -0.140. The largest absolute Gasteiger partial charge is 0.480 e. The van der Waals surface area contributed by atoms with Gasteiger partial charge in [-0.2, -0.15) is 4.72 Å². The van der Waals surface area contributed by atoms with Gasteiger partial charge in [0.05, 0.1) is 0 Å². The van der Waals surface area contributed by atoms with Crippen molar-refractivity contribution < 1.29 is 22.7 Å². The van der Waals surface area contributed by atoms with Gasteiger partial charge in [0, 0.05) is 6.42 Å². The number of hydrogen-bond acceptors (Lipinski definition) is 4. The molecule has 6 nitrogen and oxygen atoms in total. The van der Waals surface area contributed by atoms with Crippen LogP contribution in [-0.4, -0.2) is 25.5 Å². The molecule has 118 valence electrons. The molecule has 0 aromatic carbocycles. The molecule has 2 N–H and O–H groups in total. The molecule has 0 saturated heterocycles. The van der Waals surface area contributed by atoms with Crippen molar-refractivity contribution in [3.05, 3.63) is 17.9 Å². The molecule has 1 heterocycles. The standard InChI is InChI=1S/C14H21NO5S/c1-2-11-8-9-12(20-11)21(18,19)15-13(14(16)17)10-6-4-3-5-7-10/h8-10,13,15H,2-7H2,1H3,(H,16,17)/t13-/m1/s1. The molecule has 0 bridgehead atoms. The topological polar surface area (TPSA) is 96.6 Å². The highest BCUT2D eigenvalue weighted by molar-refractivity contribution is 7.89. The minimum Gasteiger partial charge on any atom is -0.480 e. The Morgan fingerprint density at radius 2 is 2.05 bits per heavy atom. The van der Waals surface area contributed by atoms with Gasteiger partial charge in [0.2, 0.25) is 5.09 Å². The molecule has 1 aromatic heterocycles. The fourth-order valence-electron chi connectivity index (χ4n) is 2.73. The Bertz CT molecular complexity index is 586. The number of nitrogens with one attached hydrogen (secondary N) is 1. The first-order valence-electron chi connectivity index (χ1n) is 7.28. The monoisotopic (exact) mass is 315 g/mol. The summed E-state index contributed by atoms with van der Waals surface area (Å²) >= 11 is 0. The maximum atomic E-state index is 12.3. The summed E-state index contributed by atoms with van der Waals surface area (Å²) in [5.74, 6) is -0.737. The summed E-state index contributed by atoms with van der Waals surface area (Å²) in [6.07, 6.45) is 5.01. The van der Waals surface area contributed by atoms with E-state index < -0.39 is 22.0 Å². The highest BCUT2D eigenvalue weighted by Crippen LogP contribution is 2.27. The van der Waals surface area contributed by atoms with E-state index in [1.54, 1.807) is 6.07 Å². The van der Waals surface area contributed by atoms with Crippen LogP contribution < -0.4 is 4.72 Å². The van der Waals surface area contributed by atoms with Gasteiger partial charge in [-0.25, -0.2) is 8.42 Å². The second-order valence-electron chi connectivity index (χ2n) is 5.41. The van der Waals surface area contributed by atoms with Gasteiger partial charge in [-0.1, -0.05) is 26.2 Å². The molecule has 0 amide bonds. The number of carbonyl (C=O) groups is 1. The van der Waals surface area contributed by atoms with Crippen molar-refractivity contribution in [1.82, 2.24) is 4.72 Å². The SMILES string of the molecule is CCc1ccc(S(=O)(=O)N[C@@H](C(=O)O)C2CCCCC2)o1. The van der Waals surface area contributed by atoms with Gasteiger partial charge >= 0.3 is 5.97 Å². The van der Waals surface area contributed by atoms with Gasteiger partial charge in [-0.3, -0.25) is 4.79 Å². The summed E-state index contributed by atoms with van der Waals surface area (Å²) in [6, 6.07) is 1.86. The Hall–Kier alpha value is -1.34. The molecule has 1 fully saturated rings. The summed E-state index contributed by atoms with van der Waals surface area (Å²) in [7, 11) is -3.94. The minimum absolute atomic E-state index is 0.161. The van der Waals surface area contributed by atoms with Crippen molar-refractivity contribution in [2.24, 2.45) is 5.92 Å². The Balaban J connectivity index is 2.16. The molecule has 0 unspecified atom stereocenters. The molecule has 1 aliphatic carbocycles. The average Bonchev–Trinajstić information content (AvgIpc) is 2.95. The highest BCUT2D eigenvalue weighted by atomic mass is 32.2. The maximum Gasteiger partial charge on any atom is 0.322 e. The van der Waals surface area contributed by atoms with Crippen LogP contribution in [0, 0.1) is 5.92 Å². The zero-order chi connectivity index (χ0) is 15.5. The van der Waals surface area contributed by atoms with Crippen molar-refractivity contribution >= 4 is 16.0 Å². The number of carboxylic acid groups (broad SMARTS) is 1. The Morgan fingerprint density at radius 3 is 2.57 bits per heavy atom. The average molecular weight is 315 g/mol. The van der Waals surface area contributed by atoms with Crippen LogP contribution in [0.2, 0.25) is 0 Å². The van der Waals surface area contributed by atoms with E-state index in [2.05, 4.69) is 4.72 Å². The summed E-state index contributed by atoms with van der Waals surface area (Å²) < 4.78 is 32.0. The molecule has 0 spiro atoms. The smallest absolute Gasteiger partial charge is 0.322 e. The van der Waals surface area contributed by atoms with Crippen LogP contribution in [0.15, 0.2) is 21.6 Å². The van der Waals surface area contributed by atoms with Gasteiger partial charge in [0.25, 0.3) is 10.0 Å². The van der Waals surface area contributed by atoms with E-state index in [9.17, 15) is 18.3 Å². The van der Waals surface area contributed by atoms with Crippen molar-refractivity contribution in [2.75, 3.05) is 0 Å². The number of carboxylic acids is 1.